The summed E-state index contributed by atoms with van der Waals surface area (Å²) in [6, 6.07) is 4.20. The maximum Gasteiger partial charge on any atom is 0.255 e. The van der Waals surface area contributed by atoms with E-state index in [-0.39, 0.29) is 17.5 Å². The molecule has 4 atom stereocenters. The van der Waals surface area contributed by atoms with Crippen molar-refractivity contribution in [1.82, 2.24) is 0 Å². The number of fused-ring (bicyclic) bond motifs is 3. The van der Waals surface area contributed by atoms with Crippen LogP contribution < -0.4 is 5.73 Å². The Labute approximate surface area is 164 Å². The number of phenolic OH excluding ortho intramolecular Hbond substituents is 1. The lowest BCUT2D eigenvalue weighted by molar-refractivity contribution is -0.148. The lowest BCUT2D eigenvalue weighted by Crippen LogP contribution is -2.60. The summed E-state index contributed by atoms with van der Waals surface area (Å²) in [5, 5.41) is 53.7. The van der Waals surface area contributed by atoms with E-state index in [0.29, 0.717) is 0 Å². The summed E-state index contributed by atoms with van der Waals surface area (Å²) in [4.78, 5) is 37.1. The molecule has 0 aliphatic heterocycles. The molecule has 0 spiro atoms. The van der Waals surface area contributed by atoms with Crippen molar-refractivity contribution in [1.29, 1.82) is 0 Å². The highest BCUT2D eigenvalue weighted by molar-refractivity contribution is 6.25. The first-order valence-corrected chi connectivity index (χ1v) is 8.82. The van der Waals surface area contributed by atoms with E-state index in [0.717, 1.165) is 6.42 Å². The van der Waals surface area contributed by atoms with E-state index in [1.54, 1.807) is 0 Å². The van der Waals surface area contributed by atoms with Gasteiger partial charge in [0.15, 0.2) is 11.4 Å². The Morgan fingerprint density at radius 1 is 1.17 bits per heavy atom. The van der Waals surface area contributed by atoms with Crippen LogP contribution in [0.1, 0.15) is 24.5 Å². The number of aromatic hydroxyl groups is 1. The second-order valence-corrected chi connectivity index (χ2v) is 7.72. The molecule has 0 unspecified atom stereocenters. The molecule has 1 saturated carbocycles. The SMILES string of the molecule is C[C@@]1(O)c2cccc(O)c2C(O)=C2C(=O)[C@]3(O)C(O)=C(C(N)=O)C(=O)[CH][C@@H]3C[C@@H]21. The number of benzene rings is 1. The molecule has 4 rings (SSSR count). The number of nitrogens with two attached hydrogens (primary N) is 1. The van der Waals surface area contributed by atoms with E-state index in [9.17, 15) is 39.9 Å². The standard InChI is InChI=1S/C20H18NO8/c1-19(28)8-3-2-4-10(22)12(8)15(24)13-9(19)5-7-6-11(23)14(18(21)27)17(26)20(7,29)16(13)25/h2-4,6-7,9,22,24,26,28-29H,5H2,1H3,(H2,21,27)/t7-,9-,19+,20-/m0/s1. The van der Waals surface area contributed by atoms with Gasteiger partial charge in [-0.1, -0.05) is 12.1 Å². The number of primary amides is 1. The molecule has 3 aliphatic carbocycles. The predicted molar refractivity (Wildman–Crippen MR) is 96.9 cm³/mol. The molecular weight excluding hydrogens is 382 g/mol. The first kappa shape index (κ1) is 19.2. The minimum Gasteiger partial charge on any atom is -0.508 e. The minimum absolute atomic E-state index is 0.168. The van der Waals surface area contributed by atoms with Gasteiger partial charge in [0, 0.05) is 23.8 Å². The Balaban J connectivity index is 2.01. The lowest BCUT2D eigenvalue weighted by Gasteiger charge is -2.50. The van der Waals surface area contributed by atoms with Gasteiger partial charge in [0.25, 0.3) is 5.91 Å². The van der Waals surface area contributed by atoms with Crippen molar-refractivity contribution in [3.63, 3.8) is 0 Å². The number of hydrogen-bond acceptors (Lipinski definition) is 8. The molecule has 9 nitrogen and oxygen atoms in total. The van der Waals surface area contributed by atoms with Crippen LogP contribution in [0.3, 0.4) is 0 Å². The van der Waals surface area contributed by atoms with E-state index in [1.807, 2.05) is 0 Å². The lowest BCUT2D eigenvalue weighted by atomic mass is 9.56. The summed E-state index contributed by atoms with van der Waals surface area (Å²) in [7, 11) is 0. The van der Waals surface area contributed by atoms with Gasteiger partial charge in [0.2, 0.25) is 5.78 Å². The molecule has 29 heavy (non-hydrogen) atoms. The number of carbonyl (C=O) groups is 3. The molecule has 0 aromatic heterocycles. The van der Waals surface area contributed by atoms with Crippen LogP contribution in [0.15, 0.2) is 35.1 Å². The van der Waals surface area contributed by atoms with Crippen LogP contribution >= 0.6 is 0 Å². The zero-order chi connectivity index (χ0) is 21.5. The molecule has 3 aliphatic rings. The molecular formula is C20H18NO8. The van der Waals surface area contributed by atoms with Gasteiger partial charge >= 0.3 is 0 Å². The summed E-state index contributed by atoms with van der Waals surface area (Å²) in [6.45, 7) is 1.38. The number of amides is 1. The van der Waals surface area contributed by atoms with Crippen LogP contribution in [-0.4, -0.2) is 48.6 Å². The van der Waals surface area contributed by atoms with E-state index in [1.165, 1.54) is 25.1 Å². The van der Waals surface area contributed by atoms with Crippen molar-refractivity contribution < 1.29 is 39.9 Å². The van der Waals surface area contributed by atoms with E-state index in [4.69, 9.17) is 5.73 Å². The average Bonchev–Trinajstić information content (AvgIpc) is 2.62. The van der Waals surface area contributed by atoms with Crippen LogP contribution in [0.5, 0.6) is 5.75 Å². The number of rotatable bonds is 1. The van der Waals surface area contributed by atoms with Crippen LogP contribution in [0.2, 0.25) is 0 Å². The normalized spacial score (nSPS) is 33.9. The molecule has 1 amide bonds. The molecule has 0 saturated heterocycles. The summed E-state index contributed by atoms with van der Waals surface area (Å²) in [6.07, 6.45) is 0.713. The Hall–Kier alpha value is -3.17. The zero-order valence-electron chi connectivity index (χ0n) is 15.2. The Morgan fingerprint density at radius 2 is 1.83 bits per heavy atom. The quantitative estimate of drug-likeness (QED) is 0.354. The van der Waals surface area contributed by atoms with Gasteiger partial charge in [-0.2, -0.15) is 0 Å². The topological polar surface area (TPSA) is 178 Å². The van der Waals surface area contributed by atoms with Gasteiger partial charge in [0.05, 0.1) is 11.2 Å². The van der Waals surface area contributed by atoms with Crippen molar-refractivity contribution in [2.24, 2.45) is 17.6 Å². The fourth-order valence-corrected chi connectivity index (χ4v) is 4.67. The van der Waals surface area contributed by atoms with E-state index in [2.05, 4.69) is 0 Å². The van der Waals surface area contributed by atoms with Crippen molar-refractivity contribution in [2.75, 3.05) is 0 Å². The van der Waals surface area contributed by atoms with Crippen LogP contribution in [0.4, 0.5) is 0 Å². The van der Waals surface area contributed by atoms with Crippen LogP contribution in [0.25, 0.3) is 5.76 Å². The largest absolute Gasteiger partial charge is 0.508 e. The molecule has 9 heteroatoms. The minimum atomic E-state index is -2.71. The fourth-order valence-electron chi connectivity index (χ4n) is 4.67. The third-order valence-electron chi connectivity index (χ3n) is 6.17. The first-order valence-electron chi connectivity index (χ1n) is 8.82. The Morgan fingerprint density at radius 3 is 2.45 bits per heavy atom. The number of aliphatic hydroxyl groups is 4. The number of aliphatic hydroxyl groups excluding tert-OH is 2. The van der Waals surface area contributed by atoms with Gasteiger partial charge in [-0.3, -0.25) is 14.4 Å². The number of phenols is 1. The molecule has 1 aromatic rings. The zero-order valence-corrected chi connectivity index (χ0v) is 15.2. The van der Waals surface area contributed by atoms with Crippen molar-refractivity contribution in [2.45, 2.75) is 24.5 Å². The highest BCUT2D eigenvalue weighted by Gasteiger charge is 2.63. The van der Waals surface area contributed by atoms with E-state index < -0.39 is 68.9 Å². The molecule has 7 N–H and O–H groups in total. The first-order chi connectivity index (χ1) is 13.4. The highest BCUT2D eigenvalue weighted by Crippen LogP contribution is 2.56. The molecule has 151 valence electrons. The van der Waals surface area contributed by atoms with Crippen molar-refractivity contribution in [3.8, 4) is 5.75 Å². The summed E-state index contributed by atoms with van der Waals surface area (Å²) in [5.41, 5.74) is -0.686. The number of hydrogen-bond donors (Lipinski definition) is 6. The van der Waals surface area contributed by atoms with Gasteiger partial charge in [-0.25, -0.2) is 0 Å². The summed E-state index contributed by atoms with van der Waals surface area (Å²) in [5.74, 6) is -8.00. The second-order valence-electron chi connectivity index (χ2n) is 7.72. The predicted octanol–water partition coefficient (Wildman–Crippen LogP) is -0.0969. The Bertz CT molecular complexity index is 1070. The number of ketones is 2. The third kappa shape index (κ3) is 2.19. The van der Waals surface area contributed by atoms with Gasteiger partial charge < -0.3 is 31.3 Å². The van der Waals surface area contributed by atoms with Gasteiger partial charge in [0.1, 0.15) is 22.8 Å². The molecule has 0 bridgehead atoms. The third-order valence-corrected chi connectivity index (χ3v) is 6.17. The highest BCUT2D eigenvalue weighted by atomic mass is 16.3. The second kappa shape index (κ2) is 5.68. The van der Waals surface area contributed by atoms with Gasteiger partial charge in [-0.05, 0) is 25.0 Å². The summed E-state index contributed by atoms with van der Waals surface area (Å²) >= 11 is 0. The Kier molecular flexibility index (Phi) is 3.75. The van der Waals surface area contributed by atoms with Crippen molar-refractivity contribution in [3.05, 3.63) is 52.7 Å². The number of Topliss-reactive ketones (excluding diaryl/α,β-unsaturated/α-hetero) is 2. The molecule has 1 radical (unpaired) electrons. The van der Waals surface area contributed by atoms with Gasteiger partial charge in [-0.15, -0.1) is 0 Å². The molecule has 0 heterocycles. The maximum atomic E-state index is 13.3. The van der Waals surface area contributed by atoms with Crippen LogP contribution in [0, 0.1) is 18.3 Å². The van der Waals surface area contributed by atoms with Crippen molar-refractivity contribution >= 4 is 23.2 Å². The maximum absolute atomic E-state index is 13.3. The molecule has 1 aromatic carbocycles. The van der Waals surface area contributed by atoms with E-state index >= 15 is 0 Å². The monoisotopic (exact) mass is 400 g/mol. The average molecular weight is 400 g/mol. The van der Waals surface area contributed by atoms with Crippen LogP contribution in [-0.2, 0) is 20.0 Å². The fraction of sp³-hybridized carbons (Fsp3) is 0.300. The smallest absolute Gasteiger partial charge is 0.255 e. The summed E-state index contributed by atoms with van der Waals surface area (Å²) < 4.78 is 0. The number of carbonyl (C=O) groups excluding carboxylic acids is 3. The molecule has 1 fully saturated rings.